The highest BCUT2D eigenvalue weighted by atomic mass is 35.5. The van der Waals surface area contributed by atoms with Crippen molar-refractivity contribution in [1.82, 2.24) is 4.90 Å². The Morgan fingerprint density at radius 3 is 2.64 bits per heavy atom. The zero-order valence-electron chi connectivity index (χ0n) is 14.6. The fraction of sp³-hybridized carbons (Fsp3) is 0.150. The van der Waals surface area contributed by atoms with Gasteiger partial charge in [0, 0.05) is 5.02 Å². The van der Waals surface area contributed by atoms with Crippen molar-refractivity contribution < 1.29 is 24.2 Å². The Kier molecular flexibility index (Phi) is 6.38. The minimum Gasteiger partial charge on any atom is -0.493 e. The number of ether oxygens (including phenoxy) is 1. The molecule has 1 aliphatic rings. The Bertz CT molecular complexity index is 942. The van der Waals surface area contributed by atoms with E-state index in [4.69, 9.17) is 21.4 Å². The van der Waals surface area contributed by atoms with Crippen LogP contribution in [0.2, 0.25) is 5.02 Å². The van der Waals surface area contributed by atoms with E-state index in [1.54, 1.807) is 54.6 Å². The lowest BCUT2D eigenvalue weighted by atomic mass is 10.2. The largest absolute Gasteiger partial charge is 0.493 e. The van der Waals surface area contributed by atoms with Gasteiger partial charge in [-0.25, -0.2) is 0 Å². The van der Waals surface area contributed by atoms with Gasteiger partial charge in [-0.15, -0.1) is 0 Å². The van der Waals surface area contributed by atoms with E-state index in [-0.39, 0.29) is 30.7 Å². The Hall–Kier alpha value is -2.77. The fourth-order valence-corrected chi connectivity index (χ4v) is 3.47. The van der Waals surface area contributed by atoms with E-state index < -0.39 is 5.97 Å². The molecule has 1 N–H and O–H groups in total. The van der Waals surface area contributed by atoms with Crippen molar-refractivity contribution in [2.24, 2.45) is 0 Å². The second-order valence-electron chi connectivity index (χ2n) is 5.96. The maximum Gasteiger partial charge on any atom is 0.306 e. The van der Waals surface area contributed by atoms with Crippen molar-refractivity contribution in [1.29, 1.82) is 0 Å². The number of carboxylic acid groups (broad SMARTS) is 1. The highest BCUT2D eigenvalue weighted by molar-refractivity contribution is 8.18. The van der Waals surface area contributed by atoms with E-state index in [2.05, 4.69) is 0 Å². The normalized spacial score (nSPS) is 15.3. The maximum absolute atomic E-state index is 12.6. The van der Waals surface area contributed by atoms with E-state index >= 15 is 0 Å². The van der Waals surface area contributed by atoms with Gasteiger partial charge in [-0.1, -0.05) is 35.9 Å². The number of amides is 2. The number of hydrogen-bond donors (Lipinski definition) is 1. The zero-order chi connectivity index (χ0) is 20.1. The van der Waals surface area contributed by atoms with Crippen molar-refractivity contribution in [2.75, 3.05) is 6.61 Å². The van der Waals surface area contributed by atoms with Crippen molar-refractivity contribution in [2.45, 2.75) is 13.0 Å². The van der Waals surface area contributed by atoms with Gasteiger partial charge in [0.05, 0.1) is 24.5 Å². The number of hydrogen-bond acceptors (Lipinski definition) is 5. The number of halogens is 1. The van der Waals surface area contributed by atoms with Crippen LogP contribution in [0.25, 0.3) is 6.08 Å². The zero-order valence-corrected chi connectivity index (χ0v) is 16.2. The predicted octanol–water partition coefficient (Wildman–Crippen LogP) is 4.43. The number of carbonyl (C=O) groups is 3. The van der Waals surface area contributed by atoms with Crippen LogP contribution in [-0.2, 0) is 16.1 Å². The summed E-state index contributed by atoms with van der Waals surface area (Å²) in [6.45, 7) is 0.230. The molecule has 1 fully saturated rings. The summed E-state index contributed by atoms with van der Waals surface area (Å²) in [5, 5.41) is 8.91. The van der Waals surface area contributed by atoms with E-state index in [9.17, 15) is 14.4 Å². The number of carbonyl (C=O) groups excluding carboxylic acids is 2. The third-order valence-electron chi connectivity index (χ3n) is 3.87. The number of imide groups is 1. The minimum atomic E-state index is -0.939. The first-order valence-electron chi connectivity index (χ1n) is 8.37. The molecule has 6 nitrogen and oxygen atoms in total. The summed E-state index contributed by atoms with van der Waals surface area (Å²) in [5.74, 6) is -0.803. The van der Waals surface area contributed by atoms with E-state index in [0.29, 0.717) is 21.2 Å². The van der Waals surface area contributed by atoms with Crippen LogP contribution in [0.5, 0.6) is 5.75 Å². The van der Waals surface area contributed by atoms with Gasteiger partial charge in [0.25, 0.3) is 11.1 Å². The highest BCUT2D eigenvalue weighted by Gasteiger charge is 2.34. The molecular weight excluding hydrogens is 402 g/mol. The molecule has 0 unspecified atom stereocenters. The van der Waals surface area contributed by atoms with Crippen LogP contribution in [-0.4, -0.2) is 33.7 Å². The van der Waals surface area contributed by atoms with Crippen LogP contribution in [0.3, 0.4) is 0 Å². The van der Waals surface area contributed by atoms with Crippen molar-refractivity contribution in [3.05, 3.63) is 69.6 Å². The molecule has 0 spiro atoms. The van der Waals surface area contributed by atoms with Crippen molar-refractivity contribution in [3.63, 3.8) is 0 Å². The van der Waals surface area contributed by atoms with E-state index in [1.165, 1.54) is 4.90 Å². The molecule has 3 rings (SSSR count). The molecule has 2 aromatic rings. The molecule has 0 aliphatic carbocycles. The molecular formula is C20H16ClNO5S. The number of carboxylic acids is 1. The molecule has 0 radical (unpaired) electrons. The lowest BCUT2D eigenvalue weighted by molar-refractivity contribution is -0.137. The molecule has 0 saturated carbocycles. The van der Waals surface area contributed by atoms with E-state index in [1.807, 2.05) is 0 Å². The van der Waals surface area contributed by atoms with Crippen LogP contribution in [0.15, 0.2) is 53.4 Å². The van der Waals surface area contributed by atoms with Crippen LogP contribution >= 0.6 is 23.4 Å². The SMILES string of the molecule is O=C(O)CCOc1cccc(/C=C2/SC(=O)N(Cc3ccc(Cl)cc3)C2=O)c1. The van der Waals surface area contributed by atoms with Crippen LogP contribution in [0, 0.1) is 0 Å². The van der Waals surface area contributed by atoms with Gasteiger partial charge < -0.3 is 9.84 Å². The molecule has 0 aromatic heterocycles. The molecule has 1 aliphatic heterocycles. The molecule has 8 heteroatoms. The van der Waals surface area contributed by atoms with Gasteiger partial charge in [0.15, 0.2) is 0 Å². The minimum absolute atomic E-state index is 0.0520. The van der Waals surface area contributed by atoms with Gasteiger partial charge in [0.1, 0.15) is 5.75 Å². The Morgan fingerprint density at radius 2 is 1.93 bits per heavy atom. The van der Waals surface area contributed by atoms with E-state index in [0.717, 1.165) is 17.3 Å². The monoisotopic (exact) mass is 417 g/mol. The van der Waals surface area contributed by atoms with Crippen molar-refractivity contribution in [3.8, 4) is 5.75 Å². The number of aliphatic carboxylic acids is 1. The summed E-state index contributed by atoms with van der Waals surface area (Å²) in [4.78, 5) is 36.9. The van der Waals surface area contributed by atoms with Gasteiger partial charge in [-0.3, -0.25) is 19.3 Å². The van der Waals surface area contributed by atoms with Gasteiger partial charge in [-0.2, -0.15) is 0 Å². The molecule has 0 bridgehead atoms. The summed E-state index contributed by atoms with van der Waals surface area (Å²) in [5.41, 5.74) is 1.49. The van der Waals surface area contributed by atoms with Crippen LogP contribution in [0.1, 0.15) is 17.5 Å². The first-order chi connectivity index (χ1) is 13.4. The third kappa shape index (κ3) is 5.15. The quantitative estimate of drug-likeness (QED) is 0.671. The Balaban J connectivity index is 1.70. The first kappa shape index (κ1) is 20.0. The van der Waals surface area contributed by atoms with Crippen molar-refractivity contribution >= 4 is 46.6 Å². The lowest BCUT2D eigenvalue weighted by Gasteiger charge is -2.12. The predicted molar refractivity (Wildman–Crippen MR) is 107 cm³/mol. The van der Waals surface area contributed by atoms with Crippen LogP contribution < -0.4 is 4.74 Å². The maximum atomic E-state index is 12.6. The molecule has 144 valence electrons. The summed E-state index contributed by atoms with van der Waals surface area (Å²) < 4.78 is 5.39. The Labute approximate surface area is 170 Å². The number of nitrogens with zero attached hydrogens (tertiary/aromatic N) is 1. The topological polar surface area (TPSA) is 83.9 Å². The highest BCUT2D eigenvalue weighted by Crippen LogP contribution is 2.33. The average molecular weight is 418 g/mol. The molecule has 2 aromatic carbocycles. The summed E-state index contributed by atoms with van der Waals surface area (Å²) in [7, 11) is 0. The number of rotatable bonds is 7. The van der Waals surface area contributed by atoms with Gasteiger partial charge in [-0.05, 0) is 53.2 Å². The van der Waals surface area contributed by atoms with Gasteiger partial charge >= 0.3 is 5.97 Å². The number of benzene rings is 2. The average Bonchev–Trinajstić information content (AvgIpc) is 2.91. The summed E-state index contributed by atoms with van der Waals surface area (Å²) >= 11 is 6.74. The molecule has 2 amide bonds. The standard InChI is InChI=1S/C20H16ClNO5S/c21-15-6-4-13(5-7-15)12-22-19(25)17(28-20(22)26)11-14-2-1-3-16(10-14)27-9-8-18(23)24/h1-7,10-11H,8-9,12H2,(H,23,24)/b17-11+. The van der Waals surface area contributed by atoms with Gasteiger partial charge in [0.2, 0.25) is 0 Å². The summed E-state index contributed by atoms with van der Waals surface area (Å²) in [6, 6.07) is 13.9. The smallest absolute Gasteiger partial charge is 0.306 e. The second-order valence-corrected chi connectivity index (χ2v) is 7.39. The molecule has 0 atom stereocenters. The van der Waals surface area contributed by atoms with Crippen LogP contribution in [0.4, 0.5) is 4.79 Å². The lowest BCUT2D eigenvalue weighted by Crippen LogP contribution is -2.27. The molecule has 1 saturated heterocycles. The Morgan fingerprint density at radius 1 is 1.18 bits per heavy atom. The molecule has 1 heterocycles. The second kappa shape index (κ2) is 8.95. The number of thioether (sulfide) groups is 1. The summed E-state index contributed by atoms with van der Waals surface area (Å²) in [6.07, 6.45) is 1.52. The first-order valence-corrected chi connectivity index (χ1v) is 9.56. The molecule has 28 heavy (non-hydrogen) atoms. The fourth-order valence-electron chi connectivity index (χ4n) is 2.51. The third-order valence-corrected chi connectivity index (χ3v) is 5.03.